The Morgan fingerprint density at radius 2 is 2.00 bits per heavy atom. The fourth-order valence-corrected chi connectivity index (χ4v) is 0.966. The van der Waals surface area contributed by atoms with Gasteiger partial charge in [0.1, 0.15) is 0 Å². The first-order chi connectivity index (χ1) is 5.33. The molecule has 1 aromatic rings. The van der Waals surface area contributed by atoms with Gasteiger partial charge in [0, 0.05) is 18.4 Å². The van der Waals surface area contributed by atoms with Gasteiger partial charge in [0.25, 0.3) is 0 Å². The van der Waals surface area contributed by atoms with Gasteiger partial charge in [-0.1, -0.05) is 6.92 Å². The van der Waals surface area contributed by atoms with E-state index in [9.17, 15) is 0 Å². The van der Waals surface area contributed by atoms with Crippen molar-refractivity contribution in [3.8, 4) is 0 Å². The Balaban J connectivity index is 0.00000121. The van der Waals surface area contributed by atoms with Gasteiger partial charge in [-0.2, -0.15) is 0 Å². The van der Waals surface area contributed by atoms with Crippen LogP contribution in [0.1, 0.15) is 18.9 Å². The molecule has 1 unspecified atom stereocenters. The smallest absolute Gasteiger partial charge is 0.0270 e. The molecule has 0 aromatic carbocycles. The minimum atomic E-state index is 0. The van der Waals surface area contributed by atoms with E-state index < -0.39 is 0 Å². The van der Waals surface area contributed by atoms with Crippen LogP contribution < -0.4 is 5.73 Å². The van der Waals surface area contributed by atoms with Gasteiger partial charge in [0.15, 0.2) is 0 Å². The molecule has 0 saturated heterocycles. The van der Waals surface area contributed by atoms with Crippen LogP contribution in [0.3, 0.4) is 0 Å². The van der Waals surface area contributed by atoms with Crippen molar-refractivity contribution in [2.75, 3.05) is 0 Å². The summed E-state index contributed by atoms with van der Waals surface area (Å²) in [6.07, 6.45) is 5.59. The van der Waals surface area contributed by atoms with Gasteiger partial charge in [-0.15, -0.1) is 12.4 Å². The van der Waals surface area contributed by atoms with Crippen LogP contribution in [0.15, 0.2) is 24.5 Å². The molecule has 1 atom stereocenters. The molecule has 12 heavy (non-hydrogen) atoms. The number of halogens is 1. The van der Waals surface area contributed by atoms with Crippen molar-refractivity contribution >= 4 is 12.4 Å². The zero-order valence-corrected chi connectivity index (χ0v) is 8.05. The van der Waals surface area contributed by atoms with Gasteiger partial charge < -0.3 is 5.73 Å². The molecule has 2 N–H and O–H groups in total. The van der Waals surface area contributed by atoms with Gasteiger partial charge in [-0.3, -0.25) is 4.98 Å². The van der Waals surface area contributed by atoms with Crippen molar-refractivity contribution in [2.45, 2.75) is 25.8 Å². The van der Waals surface area contributed by atoms with Crippen molar-refractivity contribution in [2.24, 2.45) is 5.73 Å². The zero-order chi connectivity index (χ0) is 8.10. The van der Waals surface area contributed by atoms with E-state index in [1.54, 1.807) is 12.4 Å². The predicted octanol–water partition coefficient (Wildman–Crippen LogP) is 1.78. The van der Waals surface area contributed by atoms with Crippen molar-refractivity contribution < 1.29 is 0 Å². The molecule has 1 heterocycles. The van der Waals surface area contributed by atoms with Gasteiger partial charge in [0.2, 0.25) is 0 Å². The largest absolute Gasteiger partial charge is 0.327 e. The van der Waals surface area contributed by atoms with E-state index in [4.69, 9.17) is 5.73 Å². The van der Waals surface area contributed by atoms with Crippen LogP contribution >= 0.6 is 12.4 Å². The van der Waals surface area contributed by atoms with E-state index in [1.807, 2.05) is 12.1 Å². The summed E-state index contributed by atoms with van der Waals surface area (Å²) in [4.78, 5) is 3.94. The van der Waals surface area contributed by atoms with E-state index in [1.165, 1.54) is 5.56 Å². The lowest BCUT2D eigenvalue weighted by molar-refractivity contribution is 0.646. The minimum absolute atomic E-state index is 0. The summed E-state index contributed by atoms with van der Waals surface area (Å²) in [6.45, 7) is 2.10. The van der Waals surface area contributed by atoms with Crippen molar-refractivity contribution in [3.63, 3.8) is 0 Å². The summed E-state index contributed by atoms with van der Waals surface area (Å²) < 4.78 is 0. The number of hydrogen-bond donors (Lipinski definition) is 1. The molecular weight excluding hydrogens is 172 g/mol. The van der Waals surface area contributed by atoms with Gasteiger partial charge in [-0.05, 0) is 30.5 Å². The second-order valence-electron chi connectivity index (χ2n) is 2.73. The van der Waals surface area contributed by atoms with E-state index in [-0.39, 0.29) is 18.4 Å². The van der Waals surface area contributed by atoms with E-state index in [0.717, 1.165) is 12.8 Å². The average molecular weight is 187 g/mol. The fourth-order valence-electron chi connectivity index (χ4n) is 0.966. The van der Waals surface area contributed by atoms with Crippen LogP contribution in [0.5, 0.6) is 0 Å². The maximum absolute atomic E-state index is 5.78. The van der Waals surface area contributed by atoms with E-state index >= 15 is 0 Å². The van der Waals surface area contributed by atoms with Crippen molar-refractivity contribution in [1.29, 1.82) is 0 Å². The second kappa shape index (κ2) is 5.98. The Labute approximate surface area is 79.6 Å². The highest BCUT2D eigenvalue weighted by molar-refractivity contribution is 5.85. The number of rotatable bonds is 3. The third-order valence-corrected chi connectivity index (χ3v) is 1.77. The lowest BCUT2D eigenvalue weighted by atomic mass is 10.1. The minimum Gasteiger partial charge on any atom is -0.327 e. The molecule has 1 rings (SSSR count). The summed E-state index contributed by atoms with van der Waals surface area (Å²) in [6, 6.07) is 4.31. The molecular formula is C9H15ClN2. The first-order valence-electron chi connectivity index (χ1n) is 3.97. The third kappa shape index (κ3) is 3.69. The fraction of sp³-hybridized carbons (Fsp3) is 0.444. The predicted molar refractivity (Wildman–Crippen MR) is 53.5 cm³/mol. The quantitative estimate of drug-likeness (QED) is 0.782. The van der Waals surface area contributed by atoms with Crippen LogP contribution in [0.4, 0.5) is 0 Å². The summed E-state index contributed by atoms with van der Waals surface area (Å²) >= 11 is 0. The SMILES string of the molecule is CCC(N)Cc1ccncc1.Cl. The molecule has 1 aromatic heterocycles. The topological polar surface area (TPSA) is 38.9 Å². The van der Waals surface area contributed by atoms with Crippen LogP contribution in [0.2, 0.25) is 0 Å². The number of hydrogen-bond acceptors (Lipinski definition) is 2. The maximum atomic E-state index is 5.78. The van der Waals surface area contributed by atoms with E-state index in [0.29, 0.717) is 0 Å². The van der Waals surface area contributed by atoms with Gasteiger partial charge >= 0.3 is 0 Å². The lowest BCUT2D eigenvalue weighted by Gasteiger charge is -2.06. The second-order valence-corrected chi connectivity index (χ2v) is 2.73. The van der Waals surface area contributed by atoms with Gasteiger partial charge in [0.05, 0.1) is 0 Å². The number of pyridine rings is 1. The molecule has 0 fully saturated rings. The molecule has 0 aliphatic carbocycles. The van der Waals surface area contributed by atoms with Crippen LogP contribution in [0, 0.1) is 0 Å². The first-order valence-corrected chi connectivity index (χ1v) is 3.97. The Kier molecular flexibility index (Phi) is 5.68. The zero-order valence-electron chi connectivity index (χ0n) is 7.23. The third-order valence-electron chi connectivity index (χ3n) is 1.77. The van der Waals surface area contributed by atoms with Crippen molar-refractivity contribution in [1.82, 2.24) is 4.98 Å². The monoisotopic (exact) mass is 186 g/mol. The Bertz CT molecular complexity index is 201. The summed E-state index contributed by atoms with van der Waals surface area (Å²) in [5, 5.41) is 0. The van der Waals surface area contributed by atoms with Gasteiger partial charge in [-0.25, -0.2) is 0 Å². The highest BCUT2D eigenvalue weighted by Crippen LogP contribution is 2.01. The maximum Gasteiger partial charge on any atom is 0.0270 e. The van der Waals surface area contributed by atoms with Crippen LogP contribution in [-0.4, -0.2) is 11.0 Å². The number of aromatic nitrogens is 1. The lowest BCUT2D eigenvalue weighted by Crippen LogP contribution is -2.21. The molecule has 0 amide bonds. The number of nitrogens with two attached hydrogens (primary N) is 1. The highest BCUT2D eigenvalue weighted by atomic mass is 35.5. The van der Waals surface area contributed by atoms with Crippen LogP contribution in [0.25, 0.3) is 0 Å². The number of nitrogens with zero attached hydrogens (tertiary/aromatic N) is 1. The van der Waals surface area contributed by atoms with Crippen LogP contribution in [-0.2, 0) is 6.42 Å². The van der Waals surface area contributed by atoms with E-state index in [2.05, 4.69) is 11.9 Å². The Morgan fingerprint density at radius 3 is 2.50 bits per heavy atom. The molecule has 0 aliphatic heterocycles. The summed E-state index contributed by atoms with van der Waals surface area (Å²) in [7, 11) is 0. The molecule has 2 nitrogen and oxygen atoms in total. The molecule has 0 aliphatic rings. The van der Waals surface area contributed by atoms with Crippen molar-refractivity contribution in [3.05, 3.63) is 30.1 Å². The standard InChI is InChI=1S/C9H14N2.ClH/c1-2-9(10)7-8-3-5-11-6-4-8;/h3-6,9H,2,7,10H2,1H3;1H. The summed E-state index contributed by atoms with van der Waals surface area (Å²) in [5.41, 5.74) is 7.06. The molecule has 0 spiro atoms. The molecule has 68 valence electrons. The molecule has 0 radical (unpaired) electrons. The first kappa shape index (κ1) is 11.4. The average Bonchev–Trinajstić information content (AvgIpc) is 2.06. The highest BCUT2D eigenvalue weighted by Gasteiger charge is 1.99. The summed E-state index contributed by atoms with van der Waals surface area (Å²) in [5.74, 6) is 0. The Morgan fingerprint density at radius 1 is 1.42 bits per heavy atom. The molecule has 0 saturated carbocycles. The Hall–Kier alpha value is -0.600. The normalized spacial score (nSPS) is 11.8. The molecule has 3 heteroatoms. The molecule has 0 bridgehead atoms.